The van der Waals surface area contributed by atoms with Crippen LogP contribution in [0.1, 0.15) is 83.4 Å². The molecule has 0 radical (unpaired) electrons. The van der Waals surface area contributed by atoms with Crippen molar-refractivity contribution in [3.8, 4) is 0 Å². The van der Waals surface area contributed by atoms with Crippen LogP contribution in [-0.2, 0) is 6.54 Å². The largest absolute Gasteiger partial charge is 0.342 e. The molecular formula is C31H42N2. The molecule has 3 rings (SSSR count). The molecular weight excluding hydrogens is 400 g/mol. The summed E-state index contributed by atoms with van der Waals surface area (Å²) < 4.78 is 2.27. The Morgan fingerprint density at radius 2 is 1.79 bits per heavy atom. The minimum Gasteiger partial charge on any atom is -0.342 e. The molecule has 0 spiro atoms. The molecule has 2 heteroatoms. The third-order valence-electron chi connectivity index (χ3n) is 6.07. The van der Waals surface area contributed by atoms with Gasteiger partial charge in [-0.3, -0.25) is 4.98 Å². The number of allylic oxidation sites excluding steroid dienone is 6. The highest BCUT2D eigenvalue weighted by Gasteiger charge is 2.06. The standard InChI is InChI=1S/C18H20N2.C13H22/c1-13(2)16-5-4-14(3)17(10-16)12-20-9-7-15-6-8-19-11-18(15)20;1-5-9-11-13(8-4)12(7-3)10-6-2/h4-11,13H,12H2,1-3H3;5,9-11H,6-8H2,1-4H3/b;9-5-,12-10+,13-11-. The Balaban J connectivity index is 0.000000260. The van der Waals surface area contributed by atoms with E-state index in [4.69, 9.17) is 0 Å². The van der Waals surface area contributed by atoms with Crippen molar-refractivity contribution in [1.82, 2.24) is 9.55 Å². The lowest BCUT2D eigenvalue weighted by Crippen LogP contribution is -2.02. The van der Waals surface area contributed by atoms with Crippen LogP contribution >= 0.6 is 0 Å². The first-order valence-electron chi connectivity index (χ1n) is 12.4. The number of nitrogens with zero attached hydrogens (tertiary/aromatic N) is 2. The molecule has 0 N–H and O–H groups in total. The van der Waals surface area contributed by atoms with E-state index in [1.807, 2.05) is 12.4 Å². The van der Waals surface area contributed by atoms with Crippen LogP contribution in [0.25, 0.3) is 10.9 Å². The first-order valence-corrected chi connectivity index (χ1v) is 12.4. The number of aryl methyl sites for hydroxylation is 1. The van der Waals surface area contributed by atoms with Gasteiger partial charge >= 0.3 is 0 Å². The van der Waals surface area contributed by atoms with Crippen LogP contribution in [0.3, 0.4) is 0 Å². The predicted molar refractivity (Wildman–Crippen MR) is 146 cm³/mol. The molecule has 2 aromatic heterocycles. The second-order valence-corrected chi connectivity index (χ2v) is 8.78. The summed E-state index contributed by atoms with van der Waals surface area (Å²) in [5, 5.41) is 1.25. The van der Waals surface area contributed by atoms with Crippen molar-refractivity contribution >= 4 is 10.9 Å². The van der Waals surface area contributed by atoms with Crippen LogP contribution in [0.4, 0.5) is 0 Å². The van der Waals surface area contributed by atoms with Gasteiger partial charge in [0.2, 0.25) is 0 Å². The molecule has 0 amide bonds. The lowest BCUT2D eigenvalue weighted by Gasteiger charge is -2.13. The number of aromatic nitrogens is 2. The highest BCUT2D eigenvalue weighted by molar-refractivity contribution is 5.78. The summed E-state index contributed by atoms with van der Waals surface area (Å²) in [4.78, 5) is 4.23. The fourth-order valence-corrected chi connectivity index (χ4v) is 3.98. The molecule has 2 heterocycles. The maximum absolute atomic E-state index is 4.23. The number of fused-ring (bicyclic) bond motifs is 1. The molecule has 0 saturated carbocycles. The van der Waals surface area contributed by atoms with Crippen LogP contribution < -0.4 is 0 Å². The van der Waals surface area contributed by atoms with Gasteiger partial charge in [-0.05, 0) is 79.0 Å². The Morgan fingerprint density at radius 1 is 1.03 bits per heavy atom. The van der Waals surface area contributed by atoms with Crippen molar-refractivity contribution < 1.29 is 0 Å². The minimum absolute atomic E-state index is 0.567. The minimum atomic E-state index is 0.567. The molecule has 3 aromatic rings. The third-order valence-corrected chi connectivity index (χ3v) is 6.07. The predicted octanol–water partition coefficient (Wildman–Crippen LogP) is 9.16. The van der Waals surface area contributed by atoms with Gasteiger partial charge in [-0.15, -0.1) is 0 Å². The summed E-state index contributed by atoms with van der Waals surface area (Å²) in [5.74, 6) is 0.567. The molecule has 0 saturated heterocycles. The van der Waals surface area contributed by atoms with Crippen LogP contribution in [0, 0.1) is 6.92 Å². The van der Waals surface area contributed by atoms with Crippen LogP contribution in [0.2, 0.25) is 0 Å². The van der Waals surface area contributed by atoms with E-state index in [0.717, 1.165) is 25.8 Å². The molecule has 0 bridgehead atoms. The fourth-order valence-electron chi connectivity index (χ4n) is 3.98. The summed E-state index contributed by atoms with van der Waals surface area (Å²) in [7, 11) is 0. The zero-order valence-electron chi connectivity index (χ0n) is 21.7. The highest BCUT2D eigenvalue weighted by atomic mass is 15.0. The topological polar surface area (TPSA) is 17.8 Å². The zero-order chi connectivity index (χ0) is 24.2. The van der Waals surface area contributed by atoms with Gasteiger partial charge in [0.05, 0.1) is 11.7 Å². The van der Waals surface area contributed by atoms with E-state index in [1.165, 1.54) is 38.7 Å². The fraction of sp³-hybridized carbons (Fsp3) is 0.387. The number of hydrogen-bond acceptors (Lipinski definition) is 1. The maximum atomic E-state index is 4.23. The molecule has 33 heavy (non-hydrogen) atoms. The molecule has 0 atom stereocenters. The van der Waals surface area contributed by atoms with E-state index < -0.39 is 0 Å². The van der Waals surface area contributed by atoms with Gasteiger partial charge in [0.1, 0.15) is 0 Å². The molecule has 0 aliphatic rings. The number of benzene rings is 1. The second-order valence-electron chi connectivity index (χ2n) is 8.78. The quantitative estimate of drug-likeness (QED) is 0.318. The van der Waals surface area contributed by atoms with E-state index in [0.29, 0.717) is 5.92 Å². The van der Waals surface area contributed by atoms with Crippen molar-refractivity contribution in [1.29, 1.82) is 0 Å². The molecule has 1 aromatic carbocycles. The summed E-state index contributed by atoms with van der Waals surface area (Å²) in [6.45, 7) is 16.3. The van der Waals surface area contributed by atoms with E-state index in [1.54, 1.807) is 0 Å². The number of rotatable bonds is 8. The summed E-state index contributed by atoms with van der Waals surface area (Å²) in [6, 6.07) is 11.0. The van der Waals surface area contributed by atoms with Crippen molar-refractivity contribution in [3.05, 3.63) is 101 Å². The Labute approximate surface area is 201 Å². The van der Waals surface area contributed by atoms with E-state index in [-0.39, 0.29) is 0 Å². The number of pyridine rings is 1. The SMILES string of the molecule is C\C=C/C=C(CC)\C(=C\CC)CC.Cc1ccc(C(C)C)cc1Cn1ccc2ccncc21. The van der Waals surface area contributed by atoms with Gasteiger partial charge in [0.15, 0.2) is 0 Å². The zero-order valence-corrected chi connectivity index (χ0v) is 21.7. The van der Waals surface area contributed by atoms with Gasteiger partial charge in [0, 0.05) is 24.3 Å². The van der Waals surface area contributed by atoms with E-state index in [2.05, 4.69) is 119 Å². The van der Waals surface area contributed by atoms with Crippen LogP contribution in [0.5, 0.6) is 0 Å². The van der Waals surface area contributed by atoms with Crippen molar-refractivity contribution in [2.45, 2.75) is 80.2 Å². The van der Waals surface area contributed by atoms with Gasteiger partial charge in [-0.25, -0.2) is 0 Å². The highest BCUT2D eigenvalue weighted by Crippen LogP contribution is 2.22. The first kappa shape index (κ1) is 26.4. The monoisotopic (exact) mass is 442 g/mol. The second kappa shape index (κ2) is 13.6. The average molecular weight is 443 g/mol. The van der Waals surface area contributed by atoms with Gasteiger partial charge < -0.3 is 4.57 Å². The molecule has 0 aliphatic carbocycles. The summed E-state index contributed by atoms with van der Waals surface area (Å²) in [5.41, 5.74) is 8.31. The lowest BCUT2D eigenvalue weighted by molar-refractivity contribution is 0.813. The molecule has 2 nitrogen and oxygen atoms in total. The third kappa shape index (κ3) is 7.60. The Kier molecular flexibility index (Phi) is 10.9. The molecule has 0 aliphatic heterocycles. The Hall–Kier alpha value is -2.87. The average Bonchev–Trinajstić information content (AvgIpc) is 3.23. The Morgan fingerprint density at radius 3 is 2.42 bits per heavy atom. The van der Waals surface area contributed by atoms with Crippen molar-refractivity contribution in [2.24, 2.45) is 0 Å². The van der Waals surface area contributed by atoms with Gasteiger partial charge in [-0.1, -0.05) is 77.1 Å². The lowest BCUT2D eigenvalue weighted by atomic mass is 9.98. The Bertz CT molecular complexity index is 1090. The van der Waals surface area contributed by atoms with Crippen molar-refractivity contribution in [3.63, 3.8) is 0 Å². The maximum Gasteiger partial charge on any atom is 0.0669 e. The molecule has 0 fully saturated rings. The molecule has 0 unspecified atom stereocenters. The van der Waals surface area contributed by atoms with Crippen molar-refractivity contribution in [2.75, 3.05) is 0 Å². The van der Waals surface area contributed by atoms with E-state index >= 15 is 0 Å². The van der Waals surface area contributed by atoms with E-state index in [9.17, 15) is 0 Å². The van der Waals surface area contributed by atoms with Gasteiger partial charge in [0.25, 0.3) is 0 Å². The van der Waals surface area contributed by atoms with Crippen LogP contribution in [0.15, 0.2) is 84.4 Å². The normalized spacial score (nSPS) is 12.5. The van der Waals surface area contributed by atoms with Crippen LogP contribution in [-0.4, -0.2) is 9.55 Å². The smallest absolute Gasteiger partial charge is 0.0669 e. The summed E-state index contributed by atoms with van der Waals surface area (Å²) in [6.07, 6.45) is 18.1. The number of hydrogen-bond donors (Lipinski definition) is 0. The molecule has 176 valence electrons. The van der Waals surface area contributed by atoms with Gasteiger partial charge in [-0.2, -0.15) is 0 Å². The summed E-state index contributed by atoms with van der Waals surface area (Å²) >= 11 is 0. The first-order chi connectivity index (χ1) is 15.9.